The van der Waals surface area contributed by atoms with Gasteiger partial charge in [-0.25, -0.2) is 4.39 Å². The lowest BCUT2D eigenvalue weighted by Crippen LogP contribution is -2.36. The van der Waals surface area contributed by atoms with Gasteiger partial charge in [0.15, 0.2) is 0 Å². The largest absolute Gasteiger partial charge is 0.393 e. The van der Waals surface area contributed by atoms with Gasteiger partial charge < -0.3 is 10.6 Å². The van der Waals surface area contributed by atoms with E-state index in [2.05, 4.69) is 0 Å². The van der Waals surface area contributed by atoms with E-state index in [4.69, 9.17) is 29.6 Å². The number of nitrogens with zero attached hydrogens (tertiary/aromatic N) is 1. The highest BCUT2D eigenvalue weighted by atomic mass is 35.5. The van der Waals surface area contributed by atoms with Crippen LogP contribution < -0.4 is 5.73 Å². The molecule has 3 nitrogen and oxygen atoms in total. The summed E-state index contributed by atoms with van der Waals surface area (Å²) in [6.45, 7) is 5.05. The van der Waals surface area contributed by atoms with Crippen molar-refractivity contribution in [2.75, 3.05) is 13.1 Å². The zero-order chi connectivity index (χ0) is 15.3. The van der Waals surface area contributed by atoms with Gasteiger partial charge in [-0.2, -0.15) is 0 Å². The molecule has 1 amide bonds. The van der Waals surface area contributed by atoms with Crippen molar-refractivity contribution in [3.8, 4) is 0 Å². The Hall–Kier alpha value is -1.20. The first-order valence-corrected chi connectivity index (χ1v) is 7.12. The van der Waals surface area contributed by atoms with Crippen LogP contribution in [0.2, 0.25) is 5.02 Å². The molecule has 0 aliphatic carbocycles. The molecule has 1 rings (SSSR count). The predicted molar refractivity (Wildman–Crippen MR) is 83.6 cm³/mol. The van der Waals surface area contributed by atoms with Crippen LogP contribution in [0.25, 0.3) is 0 Å². The van der Waals surface area contributed by atoms with Crippen LogP contribution in [0.15, 0.2) is 18.2 Å². The Bertz CT molecular complexity index is 508. The lowest BCUT2D eigenvalue weighted by Gasteiger charge is -2.24. The van der Waals surface area contributed by atoms with Crippen molar-refractivity contribution < 1.29 is 9.18 Å². The molecule has 0 heterocycles. The van der Waals surface area contributed by atoms with Gasteiger partial charge in [0, 0.05) is 25.1 Å². The highest BCUT2D eigenvalue weighted by molar-refractivity contribution is 7.80. The van der Waals surface area contributed by atoms with Crippen LogP contribution >= 0.6 is 23.8 Å². The van der Waals surface area contributed by atoms with Crippen molar-refractivity contribution in [2.45, 2.75) is 20.3 Å². The van der Waals surface area contributed by atoms with Crippen LogP contribution in [0.1, 0.15) is 30.6 Å². The minimum Gasteiger partial charge on any atom is -0.393 e. The molecule has 1 aromatic carbocycles. The van der Waals surface area contributed by atoms with E-state index >= 15 is 0 Å². The number of hydrogen-bond donors (Lipinski definition) is 1. The summed E-state index contributed by atoms with van der Waals surface area (Å²) in [6.07, 6.45) is 0.461. The second kappa shape index (κ2) is 7.55. The molecule has 1 aromatic rings. The van der Waals surface area contributed by atoms with Crippen molar-refractivity contribution in [3.05, 3.63) is 34.6 Å². The minimum absolute atomic E-state index is 0.0605. The number of thiocarbonyl (C=S) groups is 1. The van der Waals surface area contributed by atoms with Crippen LogP contribution in [-0.2, 0) is 0 Å². The fraction of sp³-hybridized carbons (Fsp3) is 0.429. The SMILES string of the molecule is CC(C)CN(CCC(N)=S)C(=O)c1ccc(F)c(Cl)c1. The van der Waals surface area contributed by atoms with E-state index in [1.54, 1.807) is 4.90 Å². The van der Waals surface area contributed by atoms with E-state index in [-0.39, 0.29) is 10.9 Å². The summed E-state index contributed by atoms with van der Waals surface area (Å²) in [5.74, 6) is -0.431. The molecule has 0 bridgehead atoms. The van der Waals surface area contributed by atoms with Gasteiger partial charge in [-0.1, -0.05) is 37.7 Å². The van der Waals surface area contributed by atoms with Crippen LogP contribution in [0.4, 0.5) is 4.39 Å². The molecule has 2 N–H and O–H groups in total. The summed E-state index contributed by atoms with van der Waals surface area (Å²) in [6, 6.07) is 3.96. The third-order valence-corrected chi connectivity index (χ3v) is 3.16. The number of carbonyl (C=O) groups excluding carboxylic acids is 1. The van der Waals surface area contributed by atoms with Gasteiger partial charge >= 0.3 is 0 Å². The van der Waals surface area contributed by atoms with E-state index in [0.29, 0.717) is 36.0 Å². The molecular weight excluding hydrogens is 299 g/mol. The Morgan fingerprint density at radius 1 is 1.50 bits per heavy atom. The zero-order valence-electron chi connectivity index (χ0n) is 11.5. The fourth-order valence-electron chi connectivity index (χ4n) is 1.77. The van der Waals surface area contributed by atoms with Gasteiger partial charge in [-0.05, 0) is 24.1 Å². The maximum atomic E-state index is 13.1. The maximum absolute atomic E-state index is 13.1. The highest BCUT2D eigenvalue weighted by Crippen LogP contribution is 2.18. The molecule has 0 aliphatic rings. The Kier molecular flexibility index (Phi) is 6.36. The summed E-state index contributed by atoms with van der Waals surface area (Å²) in [4.78, 5) is 14.4. The fourth-order valence-corrected chi connectivity index (χ4v) is 2.05. The Labute approximate surface area is 128 Å². The van der Waals surface area contributed by atoms with E-state index in [1.807, 2.05) is 13.8 Å². The monoisotopic (exact) mass is 316 g/mol. The van der Waals surface area contributed by atoms with E-state index in [9.17, 15) is 9.18 Å². The molecule has 0 aliphatic heterocycles. The molecular formula is C14H18ClFN2OS. The van der Waals surface area contributed by atoms with Crippen LogP contribution in [0, 0.1) is 11.7 Å². The summed E-state index contributed by atoms with van der Waals surface area (Å²) in [5.41, 5.74) is 5.84. The lowest BCUT2D eigenvalue weighted by atomic mass is 10.1. The molecule has 0 spiro atoms. The topological polar surface area (TPSA) is 46.3 Å². The molecule has 0 radical (unpaired) electrons. The molecule has 6 heteroatoms. The van der Waals surface area contributed by atoms with Crippen LogP contribution in [0.3, 0.4) is 0 Å². The van der Waals surface area contributed by atoms with Crippen molar-refractivity contribution in [3.63, 3.8) is 0 Å². The molecule has 0 unspecified atom stereocenters. The third kappa shape index (κ3) is 5.06. The van der Waals surface area contributed by atoms with Crippen molar-refractivity contribution in [1.82, 2.24) is 4.90 Å². The van der Waals surface area contributed by atoms with Gasteiger partial charge in [0.05, 0.1) is 10.0 Å². The van der Waals surface area contributed by atoms with Crippen molar-refractivity contribution in [1.29, 1.82) is 0 Å². The van der Waals surface area contributed by atoms with Crippen LogP contribution in [-0.4, -0.2) is 28.9 Å². The summed E-state index contributed by atoms with van der Waals surface area (Å²) >= 11 is 10.5. The quantitative estimate of drug-likeness (QED) is 0.819. The van der Waals surface area contributed by atoms with E-state index in [1.165, 1.54) is 18.2 Å². The van der Waals surface area contributed by atoms with Gasteiger partial charge in [-0.15, -0.1) is 0 Å². The number of halogens is 2. The number of rotatable bonds is 6. The second-order valence-electron chi connectivity index (χ2n) is 4.99. The Morgan fingerprint density at radius 3 is 2.65 bits per heavy atom. The number of benzene rings is 1. The van der Waals surface area contributed by atoms with Crippen LogP contribution in [0.5, 0.6) is 0 Å². The van der Waals surface area contributed by atoms with Crippen molar-refractivity contribution >= 4 is 34.7 Å². The number of carbonyl (C=O) groups is 1. The summed E-state index contributed by atoms with van der Waals surface area (Å²) in [7, 11) is 0. The Morgan fingerprint density at radius 2 is 2.15 bits per heavy atom. The maximum Gasteiger partial charge on any atom is 0.253 e. The number of nitrogens with two attached hydrogens (primary N) is 1. The molecule has 0 atom stereocenters. The van der Waals surface area contributed by atoms with Gasteiger partial charge in [-0.3, -0.25) is 4.79 Å². The third-order valence-electron chi connectivity index (χ3n) is 2.67. The minimum atomic E-state index is -0.540. The first kappa shape index (κ1) is 16.9. The zero-order valence-corrected chi connectivity index (χ0v) is 13.1. The molecule has 20 heavy (non-hydrogen) atoms. The van der Waals surface area contributed by atoms with E-state index < -0.39 is 5.82 Å². The summed E-state index contributed by atoms with van der Waals surface area (Å²) in [5, 5.41) is -0.0605. The normalized spacial score (nSPS) is 10.7. The average molecular weight is 317 g/mol. The molecule has 0 fully saturated rings. The smallest absolute Gasteiger partial charge is 0.253 e. The molecule has 0 saturated carbocycles. The standard InChI is InChI=1S/C14H18ClFN2OS/c1-9(2)8-18(6-5-13(17)20)14(19)10-3-4-12(16)11(15)7-10/h3-4,7,9H,5-6,8H2,1-2H3,(H2,17,20). The molecule has 0 aromatic heterocycles. The first-order chi connectivity index (χ1) is 9.31. The second-order valence-corrected chi connectivity index (χ2v) is 5.92. The lowest BCUT2D eigenvalue weighted by molar-refractivity contribution is 0.0741. The van der Waals surface area contributed by atoms with Crippen molar-refractivity contribution in [2.24, 2.45) is 11.7 Å². The number of amides is 1. The average Bonchev–Trinajstić information content (AvgIpc) is 2.36. The van der Waals surface area contributed by atoms with Gasteiger partial charge in [0.2, 0.25) is 0 Å². The molecule has 110 valence electrons. The number of hydrogen-bond acceptors (Lipinski definition) is 2. The Balaban J connectivity index is 2.90. The predicted octanol–water partition coefficient (Wildman–Crippen LogP) is 3.25. The van der Waals surface area contributed by atoms with Gasteiger partial charge in [0.25, 0.3) is 5.91 Å². The van der Waals surface area contributed by atoms with E-state index in [0.717, 1.165) is 0 Å². The summed E-state index contributed by atoms with van der Waals surface area (Å²) < 4.78 is 13.1. The highest BCUT2D eigenvalue weighted by Gasteiger charge is 2.18. The molecule has 0 saturated heterocycles. The first-order valence-electron chi connectivity index (χ1n) is 6.34. The van der Waals surface area contributed by atoms with Gasteiger partial charge in [0.1, 0.15) is 5.82 Å².